The highest BCUT2D eigenvalue weighted by molar-refractivity contribution is 8.76. The quantitative estimate of drug-likeness (QED) is 0.439. The minimum absolute atomic E-state index is 0.257. The van der Waals surface area contributed by atoms with Crippen molar-refractivity contribution in [2.45, 2.75) is 47.1 Å². The second-order valence-corrected chi connectivity index (χ2v) is 7.11. The lowest BCUT2D eigenvalue weighted by Gasteiger charge is -2.19. The summed E-state index contributed by atoms with van der Waals surface area (Å²) in [7, 11) is 3.23. The molecule has 0 aromatic heterocycles. The van der Waals surface area contributed by atoms with Gasteiger partial charge in [0.1, 0.15) is 12.2 Å². The minimum atomic E-state index is -0.462. The molecule has 0 radical (unpaired) electrons. The Morgan fingerprint density at radius 1 is 1.10 bits per heavy atom. The predicted octanol–water partition coefficient (Wildman–Crippen LogP) is 3.48. The molecule has 1 N–H and O–H groups in total. The maximum absolute atomic E-state index is 11.3. The first-order chi connectivity index (χ1) is 9.31. The van der Waals surface area contributed by atoms with Gasteiger partial charge in [-0.3, -0.25) is 4.79 Å². The average molecular weight is 325 g/mol. The fourth-order valence-electron chi connectivity index (χ4n) is 0.846. The van der Waals surface area contributed by atoms with Crippen LogP contribution in [0.5, 0.6) is 0 Å². The first-order valence-electron chi connectivity index (χ1n) is 6.66. The molecule has 0 unspecified atom stereocenters. The summed E-state index contributed by atoms with van der Waals surface area (Å²) in [6.45, 7) is 11.8. The van der Waals surface area contributed by atoms with E-state index < -0.39 is 11.7 Å². The summed E-state index contributed by atoms with van der Waals surface area (Å²) in [6, 6.07) is 0. The van der Waals surface area contributed by atoms with Crippen LogP contribution in [0.15, 0.2) is 0 Å². The Hall–Kier alpha value is -0.560. The average Bonchev–Trinajstić information content (AvgIpc) is 2.32. The predicted molar refractivity (Wildman–Crippen MR) is 87.1 cm³/mol. The van der Waals surface area contributed by atoms with Crippen molar-refractivity contribution in [2.75, 3.05) is 24.7 Å². The minimum Gasteiger partial charge on any atom is -0.465 e. The Bertz CT molecular complexity index is 268. The molecule has 0 aliphatic carbocycles. The molecule has 0 bridgehead atoms. The lowest BCUT2D eigenvalue weighted by atomic mass is 10.2. The molecule has 0 aliphatic rings. The molecule has 7 heteroatoms. The Morgan fingerprint density at radius 3 is 2.15 bits per heavy atom. The molecule has 5 nitrogen and oxygen atoms in total. The van der Waals surface area contributed by atoms with Gasteiger partial charge in [0.15, 0.2) is 0 Å². The number of carbonyl (C=O) groups excluding carboxylic acids is 2. The van der Waals surface area contributed by atoms with E-state index in [4.69, 9.17) is 9.47 Å². The van der Waals surface area contributed by atoms with Crippen LogP contribution in [0, 0.1) is 0 Å². The number of carbonyl (C=O) groups is 2. The largest absolute Gasteiger partial charge is 0.465 e. The van der Waals surface area contributed by atoms with E-state index >= 15 is 0 Å². The van der Waals surface area contributed by atoms with E-state index in [0.29, 0.717) is 13.2 Å². The molecule has 0 saturated heterocycles. The first-order valence-corrected chi connectivity index (χ1v) is 9.14. The van der Waals surface area contributed by atoms with E-state index in [1.807, 2.05) is 34.6 Å². The van der Waals surface area contributed by atoms with E-state index in [0.717, 1.165) is 11.5 Å². The standard InChI is InChI=1S/C11H21NO4S2.C2H6/c1-9(13)15-6-8-18-17-7-5-12-10(14)16-11(2,3)4;1-2/h5-8H2,1-4H3,(H,12,14);1-2H3. The van der Waals surface area contributed by atoms with Crippen molar-refractivity contribution in [1.82, 2.24) is 5.32 Å². The summed E-state index contributed by atoms with van der Waals surface area (Å²) in [6.07, 6.45) is -0.395. The number of hydrogen-bond donors (Lipinski definition) is 1. The van der Waals surface area contributed by atoms with Crippen LogP contribution in [-0.2, 0) is 14.3 Å². The monoisotopic (exact) mass is 325 g/mol. The number of nitrogens with one attached hydrogen (secondary N) is 1. The van der Waals surface area contributed by atoms with E-state index in [2.05, 4.69) is 5.32 Å². The van der Waals surface area contributed by atoms with Crippen LogP contribution in [0.1, 0.15) is 41.5 Å². The summed E-state index contributed by atoms with van der Waals surface area (Å²) in [5, 5.41) is 2.67. The van der Waals surface area contributed by atoms with Gasteiger partial charge < -0.3 is 14.8 Å². The summed E-state index contributed by atoms with van der Waals surface area (Å²) >= 11 is 0. The van der Waals surface area contributed by atoms with Crippen LogP contribution in [0.2, 0.25) is 0 Å². The van der Waals surface area contributed by atoms with Crippen LogP contribution in [0.3, 0.4) is 0 Å². The molecule has 0 heterocycles. The molecular weight excluding hydrogens is 298 g/mol. The number of amides is 1. The lowest BCUT2D eigenvalue weighted by molar-refractivity contribution is -0.140. The van der Waals surface area contributed by atoms with Crippen molar-refractivity contribution < 1.29 is 19.1 Å². The number of esters is 1. The second kappa shape index (κ2) is 13.4. The summed E-state index contributed by atoms with van der Waals surface area (Å²) < 4.78 is 9.86. The van der Waals surface area contributed by atoms with E-state index in [1.54, 1.807) is 21.6 Å². The molecule has 0 atom stereocenters. The molecule has 0 rings (SSSR count). The van der Waals surface area contributed by atoms with Crippen molar-refractivity contribution in [2.24, 2.45) is 0 Å². The Balaban J connectivity index is 0. The van der Waals surface area contributed by atoms with E-state index in [-0.39, 0.29) is 5.97 Å². The van der Waals surface area contributed by atoms with Gasteiger partial charge in [0.05, 0.1) is 0 Å². The van der Waals surface area contributed by atoms with Gasteiger partial charge in [-0.25, -0.2) is 4.79 Å². The Labute approximate surface area is 130 Å². The fourth-order valence-corrected chi connectivity index (χ4v) is 2.58. The summed E-state index contributed by atoms with van der Waals surface area (Å²) in [4.78, 5) is 21.7. The van der Waals surface area contributed by atoms with Gasteiger partial charge in [-0.15, -0.1) is 0 Å². The third kappa shape index (κ3) is 19.8. The number of ether oxygens (including phenoxy) is 2. The maximum Gasteiger partial charge on any atom is 0.407 e. The van der Waals surface area contributed by atoms with Crippen molar-refractivity contribution in [3.05, 3.63) is 0 Å². The number of alkyl carbamates (subject to hydrolysis) is 1. The smallest absolute Gasteiger partial charge is 0.407 e. The highest BCUT2D eigenvalue weighted by Gasteiger charge is 2.15. The van der Waals surface area contributed by atoms with E-state index in [9.17, 15) is 9.59 Å². The Morgan fingerprint density at radius 2 is 1.65 bits per heavy atom. The van der Waals surface area contributed by atoms with Crippen LogP contribution in [0.4, 0.5) is 4.79 Å². The molecule has 0 aliphatic heterocycles. The number of hydrogen-bond acceptors (Lipinski definition) is 6. The van der Waals surface area contributed by atoms with Crippen LogP contribution in [-0.4, -0.2) is 42.3 Å². The third-order valence-electron chi connectivity index (χ3n) is 1.41. The third-order valence-corrected chi connectivity index (χ3v) is 3.78. The van der Waals surface area contributed by atoms with Crippen LogP contribution >= 0.6 is 21.6 Å². The molecule has 0 fully saturated rings. The summed E-state index contributed by atoms with van der Waals surface area (Å²) in [5.74, 6) is 1.27. The van der Waals surface area contributed by atoms with Crippen molar-refractivity contribution in [3.8, 4) is 0 Å². The van der Waals surface area contributed by atoms with Gasteiger partial charge in [-0.2, -0.15) is 0 Å². The zero-order chi connectivity index (χ0) is 16.0. The molecule has 0 aromatic carbocycles. The van der Waals surface area contributed by atoms with Gasteiger partial charge in [0.2, 0.25) is 0 Å². The summed E-state index contributed by atoms with van der Waals surface area (Å²) in [5.41, 5.74) is -0.462. The molecule has 1 amide bonds. The van der Waals surface area contributed by atoms with Gasteiger partial charge >= 0.3 is 12.1 Å². The normalized spacial score (nSPS) is 10.1. The van der Waals surface area contributed by atoms with E-state index in [1.165, 1.54) is 6.92 Å². The fraction of sp³-hybridized carbons (Fsp3) is 0.846. The molecule has 20 heavy (non-hydrogen) atoms. The molecule has 120 valence electrons. The second-order valence-electron chi connectivity index (χ2n) is 4.41. The molecule has 0 aromatic rings. The van der Waals surface area contributed by atoms with Crippen LogP contribution < -0.4 is 5.32 Å². The zero-order valence-corrected chi connectivity index (χ0v) is 14.9. The molecule has 0 saturated carbocycles. The van der Waals surface area contributed by atoms with Gasteiger partial charge in [-0.05, 0) is 20.8 Å². The van der Waals surface area contributed by atoms with Crippen LogP contribution in [0.25, 0.3) is 0 Å². The van der Waals surface area contributed by atoms with Gasteiger partial charge in [0.25, 0.3) is 0 Å². The maximum atomic E-state index is 11.3. The van der Waals surface area contributed by atoms with Crippen molar-refractivity contribution >= 4 is 33.7 Å². The van der Waals surface area contributed by atoms with Gasteiger partial charge in [0, 0.05) is 25.0 Å². The lowest BCUT2D eigenvalue weighted by Crippen LogP contribution is -2.33. The number of rotatable bonds is 7. The SMILES string of the molecule is CC.CC(=O)OCCSSCCNC(=O)OC(C)(C)C. The highest BCUT2D eigenvalue weighted by Crippen LogP contribution is 2.19. The first kappa shape index (κ1) is 21.7. The van der Waals surface area contributed by atoms with Gasteiger partial charge in [-0.1, -0.05) is 35.4 Å². The van der Waals surface area contributed by atoms with Crippen molar-refractivity contribution in [1.29, 1.82) is 0 Å². The molecular formula is C13H27NO4S2. The highest BCUT2D eigenvalue weighted by atomic mass is 33.1. The van der Waals surface area contributed by atoms with Crippen molar-refractivity contribution in [3.63, 3.8) is 0 Å². The topological polar surface area (TPSA) is 64.6 Å². The zero-order valence-electron chi connectivity index (χ0n) is 13.3. The Kier molecular flexibility index (Phi) is 14.6. The molecule has 0 spiro atoms.